The molecule has 0 bridgehead atoms. The molecule has 0 heterocycles. The Labute approximate surface area is 98.5 Å². The smallest absolute Gasteiger partial charge is 0.239 e. The molecule has 0 aromatic heterocycles. The Hall–Kier alpha value is -0.650. The number of likely N-dealkylation sites (N-methyl/N-ethyl adjacent to an activating group) is 2. The molecule has 2 N–H and O–H groups in total. The molecule has 0 radical (unpaired) electrons. The number of methoxy groups -OCH3 is 1. The molecule has 0 unspecified atom stereocenters. The number of carbonyl (C=O) groups is 1. The highest BCUT2D eigenvalue weighted by molar-refractivity contribution is 5.85. The monoisotopic (exact) mass is 231 g/mol. The van der Waals surface area contributed by atoms with E-state index in [1.807, 2.05) is 20.9 Å². The summed E-state index contributed by atoms with van der Waals surface area (Å²) >= 11 is 0. The normalized spacial score (nSPS) is 11.9. The van der Waals surface area contributed by atoms with Crippen molar-refractivity contribution in [2.75, 3.05) is 47.4 Å². The van der Waals surface area contributed by atoms with E-state index in [0.29, 0.717) is 13.2 Å². The molecule has 0 aliphatic heterocycles. The summed E-state index contributed by atoms with van der Waals surface area (Å²) in [6.45, 7) is 6.79. The summed E-state index contributed by atoms with van der Waals surface area (Å²) in [4.78, 5) is 13.8. The third-order valence-corrected chi connectivity index (χ3v) is 2.65. The number of nitrogens with one attached hydrogen (secondary N) is 2. The van der Waals surface area contributed by atoms with Gasteiger partial charge in [-0.3, -0.25) is 4.79 Å². The van der Waals surface area contributed by atoms with E-state index >= 15 is 0 Å². The molecule has 0 fully saturated rings. The summed E-state index contributed by atoms with van der Waals surface area (Å²) in [7, 11) is 5.48. The molecule has 0 aromatic carbocycles. The molecule has 0 saturated heterocycles. The minimum absolute atomic E-state index is 0.0233. The summed E-state index contributed by atoms with van der Waals surface area (Å²) in [5.74, 6) is 0.0233. The third kappa shape index (κ3) is 6.05. The number of ether oxygens (including phenoxy) is 1. The maximum atomic E-state index is 11.7. The maximum absolute atomic E-state index is 11.7. The van der Waals surface area contributed by atoms with Crippen LogP contribution >= 0.6 is 0 Å². The molecule has 96 valence electrons. The van der Waals surface area contributed by atoms with Crippen molar-refractivity contribution in [2.45, 2.75) is 19.4 Å². The van der Waals surface area contributed by atoms with Gasteiger partial charge < -0.3 is 20.3 Å². The molecule has 5 nitrogen and oxygen atoms in total. The second-order valence-corrected chi connectivity index (χ2v) is 4.43. The lowest BCUT2D eigenvalue weighted by molar-refractivity contribution is -0.126. The van der Waals surface area contributed by atoms with Gasteiger partial charge in [-0.15, -0.1) is 0 Å². The van der Waals surface area contributed by atoms with E-state index in [4.69, 9.17) is 4.74 Å². The van der Waals surface area contributed by atoms with Crippen LogP contribution in [0.1, 0.15) is 13.8 Å². The number of hydrogen-bond acceptors (Lipinski definition) is 4. The minimum Gasteiger partial charge on any atom is -0.383 e. The molecule has 0 aromatic rings. The predicted molar refractivity (Wildman–Crippen MR) is 65.5 cm³/mol. The van der Waals surface area contributed by atoms with E-state index in [1.54, 1.807) is 14.2 Å². The van der Waals surface area contributed by atoms with Crippen LogP contribution in [0.2, 0.25) is 0 Å². The summed E-state index contributed by atoms with van der Waals surface area (Å²) in [6, 6.07) is 0. The van der Waals surface area contributed by atoms with Crippen LogP contribution in [-0.4, -0.2) is 63.8 Å². The van der Waals surface area contributed by atoms with Crippen molar-refractivity contribution in [3.8, 4) is 0 Å². The molecule has 16 heavy (non-hydrogen) atoms. The van der Waals surface area contributed by atoms with Gasteiger partial charge in [0.05, 0.1) is 12.1 Å². The Morgan fingerprint density at radius 2 is 2.00 bits per heavy atom. The average Bonchev–Trinajstić information content (AvgIpc) is 2.26. The van der Waals surface area contributed by atoms with Gasteiger partial charge >= 0.3 is 0 Å². The Kier molecular flexibility index (Phi) is 7.29. The fraction of sp³-hybridized carbons (Fsp3) is 0.909. The molecule has 0 saturated carbocycles. The molecule has 5 heteroatoms. The Morgan fingerprint density at radius 1 is 1.38 bits per heavy atom. The van der Waals surface area contributed by atoms with Crippen LogP contribution in [0.25, 0.3) is 0 Å². The van der Waals surface area contributed by atoms with Crippen molar-refractivity contribution >= 4 is 5.91 Å². The molecule has 0 aliphatic carbocycles. The van der Waals surface area contributed by atoms with Crippen molar-refractivity contribution in [1.29, 1.82) is 0 Å². The van der Waals surface area contributed by atoms with Gasteiger partial charge in [0.2, 0.25) is 5.91 Å². The van der Waals surface area contributed by atoms with Crippen LogP contribution in [-0.2, 0) is 9.53 Å². The number of rotatable bonds is 8. The lowest BCUT2D eigenvalue weighted by Crippen LogP contribution is -2.52. The first kappa shape index (κ1) is 15.3. The number of amides is 1. The van der Waals surface area contributed by atoms with Crippen molar-refractivity contribution in [2.24, 2.45) is 0 Å². The first-order valence-corrected chi connectivity index (χ1v) is 5.58. The van der Waals surface area contributed by atoms with Gasteiger partial charge in [0.15, 0.2) is 0 Å². The second-order valence-electron chi connectivity index (χ2n) is 4.43. The van der Waals surface area contributed by atoms with Crippen molar-refractivity contribution in [3.05, 3.63) is 0 Å². The molecular formula is C11H25N3O2. The second kappa shape index (κ2) is 7.60. The first-order valence-electron chi connectivity index (χ1n) is 5.58. The molecule has 0 rings (SSSR count). The quantitative estimate of drug-likeness (QED) is 0.601. The van der Waals surface area contributed by atoms with Crippen molar-refractivity contribution in [3.63, 3.8) is 0 Å². The average molecular weight is 231 g/mol. The first-order chi connectivity index (χ1) is 7.44. The lowest BCUT2D eigenvalue weighted by Gasteiger charge is -2.23. The van der Waals surface area contributed by atoms with E-state index in [-0.39, 0.29) is 5.91 Å². The third-order valence-electron chi connectivity index (χ3n) is 2.65. The molecule has 0 spiro atoms. The highest BCUT2D eigenvalue weighted by Gasteiger charge is 2.24. The number of nitrogens with zero attached hydrogens (tertiary/aromatic N) is 1. The molecule has 1 amide bonds. The van der Waals surface area contributed by atoms with Crippen LogP contribution in [0.4, 0.5) is 0 Å². The topological polar surface area (TPSA) is 53.6 Å². The minimum atomic E-state index is -0.509. The van der Waals surface area contributed by atoms with Gasteiger partial charge in [-0.05, 0) is 27.9 Å². The van der Waals surface area contributed by atoms with Gasteiger partial charge in [0, 0.05) is 26.7 Å². The van der Waals surface area contributed by atoms with Crippen LogP contribution in [0, 0.1) is 0 Å². The molecule has 0 aliphatic rings. The zero-order valence-corrected chi connectivity index (χ0v) is 11.1. The summed E-state index contributed by atoms with van der Waals surface area (Å²) in [6.07, 6.45) is 0. The number of carbonyl (C=O) groups excluding carboxylic acids is 1. The van der Waals surface area contributed by atoms with Gasteiger partial charge in [0.1, 0.15) is 0 Å². The van der Waals surface area contributed by atoms with Crippen molar-refractivity contribution in [1.82, 2.24) is 15.5 Å². The summed E-state index contributed by atoms with van der Waals surface area (Å²) in [5.41, 5.74) is -0.509. The van der Waals surface area contributed by atoms with Crippen LogP contribution < -0.4 is 10.6 Å². The van der Waals surface area contributed by atoms with Crippen molar-refractivity contribution < 1.29 is 9.53 Å². The lowest BCUT2D eigenvalue weighted by atomic mass is 10.1. The highest BCUT2D eigenvalue weighted by Crippen LogP contribution is 1.99. The zero-order chi connectivity index (χ0) is 12.6. The van der Waals surface area contributed by atoms with E-state index in [0.717, 1.165) is 13.1 Å². The SMILES string of the molecule is CNC(C)(C)C(=O)NCCN(C)CCOC. The molecular weight excluding hydrogens is 206 g/mol. The fourth-order valence-electron chi connectivity index (χ4n) is 1.05. The maximum Gasteiger partial charge on any atom is 0.239 e. The van der Waals surface area contributed by atoms with E-state index < -0.39 is 5.54 Å². The van der Waals surface area contributed by atoms with E-state index in [2.05, 4.69) is 15.5 Å². The predicted octanol–water partition coefficient (Wildman–Crippen LogP) is -0.321. The van der Waals surface area contributed by atoms with Crippen LogP contribution in [0.15, 0.2) is 0 Å². The van der Waals surface area contributed by atoms with Gasteiger partial charge in [0.25, 0.3) is 0 Å². The van der Waals surface area contributed by atoms with Gasteiger partial charge in [-0.1, -0.05) is 0 Å². The highest BCUT2D eigenvalue weighted by atomic mass is 16.5. The van der Waals surface area contributed by atoms with Crippen LogP contribution in [0.5, 0.6) is 0 Å². The standard InChI is InChI=1S/C11H25N3O2/c1-11(2,12-3)10(15)13-6-7-14(4)8-9-16-5/h12H,6-9H2,1-5H3,(H,13,15). The van der Waals surface area contributed by atoms with E-state index in [9.17, 15) is 4.79 Å². The van der Waals surface area contributed by atoms with E-state index in [1.165, 1.54) is 0 Å². The summed E-state index contributed by atoms with van der Waals surface area (Å²) in [5, 5.41) is 5.87. The molecule has 0 atom stereocenters. The summed E-state index contributed by atoms with van der Waals surface area (Å²) < 4.78 is 4.97. The Morgan fingerprint density at radius 3 is 2.50 bits per heavy atom. The zero-order valence-electron chi connectivity index (χ0n) is 11.1. The number of hydrogen-bond donors (Lipinski definition) is 2. The van der Waals surface area contributed by atoms with Gasteiger partial charge in [-0.2, -0.15) is 0 Å². The largest absolute Gasteiger partial charge is 0.383 e. The Balaban J connectivity index is 3.69. The van der Waals surface area contributed by atoms with Crippen LogP contribution in [0.3, 0.4) is 0 Å². The van der Waals surface area contributed by atoms with Gasteiger partial charge in [-0.25, -0.2) is 0 Å². The fourth-order valence-corrected chi connectivity index (χ4v) is 1.05. The Bertz CT molecular complexity index is 207.